The van der Waals surface area contributed by atoms with Crippen LogP contribution in [-0.4, -0.2) is 102 Å². The van der Waals surface area contributed by atoms with Gasteiger partial charge in [0.1, 0.15) is 23.4 Å². The molecule has 3 aliphatic heterocycles. The number of anilines is 1. The van der Waals surface area contributed by atoms with Crippen molar-refractivity contribution in [3.63, 3.8) is 0 Å². The highest BCUT2D eigenvalue weighted by Crippen LogP contribution is 2.36. The highest BCUT2D eigenvalue weighted by Gasteiger charge is 2.31. The van der Waals surface area contributed by atoms with E-state index in [1.807, 2.05) is 37.8 Å². The number of aryl methyl sites for hydroxylation is 1. The third kappa shape index (κ3) is 13.1. The van der Waals surface area contributed by atoms with Gasteiger partial charge in [-0.05, 0) is 80.8 Å². The first-order chi connectivity index (χ1) is 23.7. The summed E-state index contributed by atoms with van der Waals surface area (Å²) in [4.78, 5) is 27.8. The molecule has 1 unspecified atom stereocenters. The number of benzene rings is 2. The largest absolute Gasteiger partial charge is 0.496 e. The molecule has 2 aromatic rings. The zero-order valence-electron chi connectivity index (χ0n) is 30.4. The molecule has 3 aliphatic rings. The number of ether oxygens (including phenoxy) is 2. The number of methoxy groups -OCH3 is 1. The first-order valence-electron chi connectivity index (χ1n) is 17.9. The van der Waals surface area contributed by atoms with E-state index in [-0.39, 0.29) is 23.2 Å². The van der Waals surface area contributed by atoms with Crippen LogP contribution in [0.5, 0.6) is 11.5 Å². The Labute approximate surface area is 293 Å². The Morgan fingerprint density at radius 1 is 1.00 bits per heavy atom. The Morgan fingerprint density at radius 3 is 2.27 bits per heavy atom. The SMILES string of the molecule is C1CCNC1.CO.COc1ccc(CCC(CCNC=O)Oc2cc(F)cc(N3CCNCC3)c2)cc1C1CCN(C(=O)C(C)(C)C)CC1. The second-order valence-electron chi connectivity index (χ2n) is 13.9. The van der Waals surface area contributed by atoms with Crippen molar-refractivity contribution in [2.24, 2.45) is 5.41 Å². The topological polar surface area (TPSA) is 115 Å². The van der Waals surface area contributed by atoms with Crippen molar-refractivity contribution >= 4 is 18.0 Å². The average Bonchev–Trinajstić information content (AvgIpc) is 3.72. The van der Waals surface area contributed by atoms with Crippen LogP contribution < -0.4 is 30.3 Å². The first kappa shape index (κ1) is 40.0. The summed E-state index contributed by atoms with van der Waals surface area (Å²) in [5.41, 5.74) is 2.81. The molecule has 3 fully saturated rings. The molecular weight excluding hydrogens is 625 g/mol. The Morgan fingerprint density at radius 2 is 1.67 bits per heavy atom. The lowest BCUT2D eigenvalue weighted by Crippen LogP contribution is -2.43. The Balaban J connectivity index is 0.000000837. The fourth-order valence-electron chi connectivity index (χ4n) is 6.56. The van der Waals surface area contributed by atoms with Crippen LogP contribution in [0.4, 0.5) is 10.1 Å². The molecule has 0 bridgehead atoms. The lowest BCUT2D eigenvalue weighted by atomic mass is 9.86. The van der Waals surface area contributed by atoms with E-state index in [1.54, 1.807) is 13.2 Å². The maximum Gasteiger partial charge on any atom is 0.227 e. The molecule has 2 amide bonds. The Kier molecular flexibility index (Phi) is 17.1. The number of likely N-dealkylation sites (tertiary alicyclic amines) is 1. The van der Waals surface area contributed by atoms with E-state index in [4.69, 9.17) is 14.6 Å². The summed E-state index contributed by atoms with van der Waals surface area (Å²) in [6.45, 7) is 13.8. The van der Waals surface area contributed by atoms with Crippen molar-refractivity contribution in [2.75, 3.05) is 78.0 Å². The van der Waals surface area contributed by atoms with Crippen LogP contribution in [0.15, 0.2) is 36.4 Å². The van der Waals surface area contributed by atoms with Crippen LogP contribution in [0.3, 0.4) is 0 Å². The molecule has 5 rings (SSSR count). The highest BCUT2D eigenvalue weighted by atomic mass is 19.1. The van der Waals surface area contributed by atoms with Gasteiger partial charge in [-0.25, -0.2) is 4.39 Å². The number of carbonyl (C=O) groups is 2. The van der Waals surface area contributed by atoms with Gasteiger partial charge in [0.05, 0.1) is 7.11 Å². The van der Waals surface area contributed by atoms with Gasteiger partial charge in [-0.3, -0.25) is 9.59 Å². The first-order valence-corrected chi connectivity index (χ1v) is 17.9. The second-order valence-corrected chi connectivity index (χ2v) is 13.9. The van der Waals surface area contributed by atoms with Gasteiger partial charge in [0.15, 0.2) is 0 Å². The average molecular weight is 686 g/mol. The molecule has 2 aromatic carbocycles. The predicted molar refractivity (Wildman–Crippen MR) is 194 cm³/mol. The van der Waals surface area contributed by atoms with Crippen LogP contribution in [0, 0.1) is 11.2 Å². The lowest BCUT2D eigenvalue weighted by molar-refractivity contribution is -0.140. The maximum absolute atomic E-state index is 14.6. The number of rotatable bonds is 12. The number of nitrogens with zero attached hydrogens (tertiary/aromatic N) is 2. The van der Waals surface area contributed by atoms with Crippen LogP contribution in [0.25, 0.3) is 0 Å². The quantitative estimate of drug-likeness (QED) is 0.191. The minimum atomic E-state index is -0.373. The number of piperidine rings is 1. The molecule has 3 saturated heterocycles. The number of aliphatic hydroxyl groups excluding tert-OH is 1. The fraction of sp³-hybridized carbons (Fsp3) is 0.632. The van der Waals surface area contributed by atoms with E-state index in [1.165, 1.54) is 43.1 Å². The van der Waals surface area contributed by atoms with Crippen molar-refractivity contribution in [3.8, 4) is 11.5 Å². The number of hydrogen-bond donors (Lipinski definition) is 4. The summed E-state index contributed by atoms with van der Waals surface area (Å²) in [6.07, 6.45) is 7.17. The molecule has 1 atom stereocenters. The lowest BCUT2D eigenvalue weighted by Gasteiger charge is -2.36. The summed E-state index contributed by atoms with van der Waals surface area (Å²) in [5.74, 6) is 1.59. The summed E-state index contributed by atoms with van der Waals surface area (Å²) < 4.78 is 26.7. The van der Waals surface area contributed by atoms with E-state index >= 15 is 0 Å². The number of piperazine rings is 1. The number of amides is 2. The van der Waals surface area contributed by atoms with Crippen molar-refractivity contribution in [1.29, 1.82) is 0 Å². The molecule has 3 heterocycles. The highest BCUT2D eigenvalue weighted by molar-refractivity contribution is 5.81. The number of hydrogen-bond acceptors (Lipinski definition) is 8. The van der Waals surface area contributed by atoms with Crippen molar-refractivity contribution in [2.45, 2.75) is 77.7 Å². The van der Waals surface area contributed by atoms with E-state index in [0.717, 1.165) is 77.1 Å². The second kappa shape index (κ2) is 21.0. The third-order valence-electron chi connectivity index (χ3n) is 9.20. The maximum atomic E-state index is 14.6. The molecule has 0 aliphatic carbocycles. The van der Waals surface area contributed by atoms with Gasteiger partial charge in [-0.15, -0.1) is 0 Å². The van der Waals surface area contributed by atoms with Crippen LogP contribution in [-0.2, 0) is 16.0 Å². The monoisotopic (exact) mass is 685 g/mol. The zero-order valence-corrected chi connectivity index (χ0v) is 30.4. The molecule has 11 heteroatoms. The van der Waals surface area contributed by atoms with Crippen LogP contribution in [0.1, 0.15) is 76.3 Å². The van der Waals surface area contributed by atoms with Crippen molar-refractivity contribution in [1.82, 2.24) is 20.9 Å². The zero-order chi connectivity index (χ0) is 35.6. The van der Waals surface area contributed by atoms with E-state index < -0.39 is 0 Å². The molecule has 0 saturated carbocycles. The molecular formula is C38H60FN5O5. The van der Waals surface area contributed by atoms with E-state index in [9.17, 15) is 14.0 Å². The fourth-order valence-corrected chi connectivity index (χ4v) is 6.56. The molecule has 4 N–H and O–H groups in total. The summed E-state index contributed by atoms with van der Waals surface area (Å²) in [5, 5.41) is 16.3. The van der Waals surface area contributed by atoms with Gasteiger partial charge in [0, 0.05) is 82.6 Å². The summed E-state index contributed by atoms with van der Waals surface area (Å²) >= 11 is 0. The molecule has 0 aromatic heterocycles. The molecule has 0 radical (unpaired) electrons. The minimum absolute atomic E-state index is 0.202. The Bertz CT molecular complexity index is 1260. The van der Waals surface area contributed by atoms with E-state index in [0.29, 0.717) is 37.5 Å². The van der Waals surface area contributed by atoms with Gasteiger partial charge in [-0.2, -0.15) is 0 Å². The van der Waals surface area contributed by atoms with Gasteiger partial charge < -0.3 is 40.3 Å². The summed E-state index contributed by atoms with van der Waals surface area (Å²) in [7, 11) is 2.70. The van der Waals surface area contributed by atoms with Crippen LogP contribution >= 0.6 is 0 Å². The molecule has 10 nitrogen and oxygen atoms in total. The van der Waals surface area contributed by atoms with Crippen molar-refractivity contribution in [3.05, 3.63) is 53.3 Å². The number of carbonyl (C=O) groups excluding carboxylic acids is 2. The normalized spacial score (nSPS) is 17.2. The standard InChI is InChI=1S/C33H47FN4O4.C4H9N.CH4O/c1-33(2,3)32(40)38-15-10-25(11-16-38)30-19-24(6-8-31(30)41-4)5-7-28(9-12-36-23-39)42-29-21-26(34)20-27(22-29)37-17-13-35-14-18-37;1-2-4-5-3-1;1-2/h6,8,19-23,25,28,35H,5,7,9-18H2,1-4H3,(H,36,39);5H,1-4H2;2H,1H3. The van der Waals surface area contributed by atoms with Crippen molar-refractivity contribution < 1.29 is 28.6 Å². The summed E-state index contributed by atoms with van der Waals surface area (Å²) in [6, 6.07) is 11.3. The molecule has 0 spiro atoms. The van der Waals surface area contributed by atoms with Gasteiger partial charge in [-0.1, -0.05) is 32.9 Å². The molecule has 49 heavy (non-hydrogen) atoms. The minimum Gasteiger partial charge on any atom is -0.496 e. The third-order valence-corrected chi connectivity index (χ3v) is 9.20. The molecule has 274 valence electrons. The van der Waals surface area contributed by atoms with Gasteiger partial charge >= 0.3 is 0 Å². The predicted octanol–water partition coefficient (Wildman–Crippen LogP) is 4.49. The Hall–Kier alpha value is -3.41. The number of nitrogens with one attached hydrogen (secondary N) is 3. The van der Waals surface area contributed by atoms with Gasteiger partial charge in [0.25, 0.3) is 0 Å². The van der Waals surface area contributed by atoms with Crippen LogP contribution in [0.2, 0.25) is 0 Å². The number of halogens is 1. The van der Waals surface area contributed by atoms with E-state index in [2.05, 4.69) is 33.0 Å². The smallest absolute Gasteiger partial charge is 0.227 e. The number of aliphatic hydroxyl groups is 1. The van der Waals surface area contributed by atoms with Gasteiger partial charge in [0.2, 0.25) is 12.3 Å².